The summed E-state index contributed by atoms with van der Waals surface area (Å²) in [4.78, 5) is 0. The molecule has 1 aromatic rings. The summed E-state index contributed by atoms with van der Waals surface area (Å²) in [7, 11) is 0. The van der Waals surface area contributed by atoms with Gasteiger partial charge in [0.05, 0.1) is 0 Å². The predicted octanol–water partition coefficient (Wildman–Crippen LogP) is 7.69. The second kappa shape index (κ2) is 9.98. The molecule has 1 saturated carbocycles. The number of terminal acetylenes is 1. The molecule has 3 rings (SSSR count). The van der Waals surface area contributed by atoms with Crippen molar-refractivity contribution < 1.29 is 0 Å². The monoisotopic (exact) mass is 362 g/mol. The molecule has 0 amide bonds. The normalized spacial score (nSPS) is 24.4. The fourth-order valence-electron chi connectivity index (χ4n) is 5.11. The van der Waals surface area contributed by atoms with E-state index in [0.29, 0.717) is 0 Å². The van der Waals surface area contributed by atoms with Crippen LogP contribution in [-0.2, 0) is 6.42 Å². The first-order valence-electron chi connectivity index (χ1n) is 10.9. The van der Waals surface area contributed by atoms with E-state index in [2.05, 4.69) is 51.0 Å². The van der Waals surface area contributed by atoms with E-state index in [1.54, 1.807) is 11.1 Å². The molecule has 27 heavy (non-hydrogen) atoms. The van der Waals surface area contributed by atoms with Crippen LogP contribution in [0.1, 0.15) is 88.0 Å². The molecule has 2 aliphatic rings. The molecule has 0 heterocycles. The molecule has 2 aliphatic carbocycles. The van der Waals surface area contributed by atoms with Gasteiger partial charge in [-0.1, -0.05) is 56.0 Å². The Balaban J connectivity index is 0.00000126. The summed E-state index contributed by atoms with van der Waals surface area (Å²) in [5, 5.41) is 0. The summed E-state index contributed by atoms with van der Waals surface area (Å²) >= 11 is 0. The van der Waals surface area contributed by atoms with Crippen LogP contribution in [0.4, 0.5) is 0 Å². The molecule has 0 saturated heterocycles. The average molecular weight is 363 g/mol. The zero-order valence-corrected chi connectivity index (χ0v) is 18.4. The van der Waals surface area contributed by atoms with Gasteiger partial charge < -0.3 is 0 Å². The van der Waals surface area contributed by atoms with Crippen molar-refractivity contribution in [2.45, 2.75) is 86.0 Å². The third-order valence-corrected chi connectivity index (χ3v) is 6.53. The largest absolute Gasteiger partial charge is 0.115 e. The van der Waals surface area contributed by atoms with Gasteiger partial charge in [0.15, 0.2) is 0 Å². The predicted molar refractivity (Wildman–Crippen MR) is 120 cm³/mol. The second-order valence-electron chi connectivity index (χ2n) is 8.32. The highest BCUT2D eigenvalue weighted by atomic mass is 14.4. The van der Waals surface area contributed by atoms with Crippen LogP contribution in [0.15, 0.2) is 35.4 Å². The molecule has 0 N–H and O–H groups in total. The number of allylic oxidation sites excluding steroid dienone is 4. The van der Waals surface area contributed by atoms with Gasteiger partial charge in [0.25, 0.3) is 0 Å². The van der Waals surface area contributed by atoms with E-state index >= 15 is 0 Å². The van der Waals surface area contributed by atoms with Crippen molar-refractivity contribution in [1.82, 2.24) is 0 Å². The molecule has 0 radical (unpaired) electrons. The summed E-state index contributed by atoms with van der Waals surface area (Å²) < 4.78 is 0. The first kappa shape index (κ1) is 21.6. The fraction of sp³-hybridized carbons (Fsp3) is 0.556. The third kappa shape index (κ3) is 4.95. The lowest BCUT2D eigenvalue weighted by Crippen LogP contribution is -2.24. The molecule has 0 nitrogen and oxygen atoms in total. The van der Waals surface area contributed by atoms with Gasteiger partial charge in [-0.2, -0.15) is 0 Å². The maximum Gasteiger partial charge on any atom is -0.00135 e. The Kier molecular flexibility index (Phi) is 7.97. The van der Waals surface area contributed by atoms with E-state index in [9.17, 15) is 0 Å². The minimum atomic E-state index is 0.805. The topological polar surface area (TPSA) is 0 Å². The van der Waals surface area contributed by atoms with E-state index in [4.69, 9.17) is 6.42 Å². The molecule has 3 atom stereocenters. The maximum atomic E-state index is 5.43. The number of fused-ring (bicyclic) bond motifs is 3. The van der Waals surface area contributed by atoms with Gasteiger partial charge >= 0.3 is 0 Å². The van der Waals surface area contributed by atoms with Crippen molar-refractivity contribution in [3.63, 3.8) is 0 Å². The Hall–Kier alpha value is -1.74. The van der Waals surface area contributed by atoms with Crippen LogP contribution >= 0.6 is 0 Å². The lowest BCUT2D eigenvalue weighted by atomic mass is 9.69. The standard InChI is InChI=1S/C25H32.C2H6/c1-6-17(2)10-11-18(3)12-15-21-8-7-9-22-16-23-19(4)13-14-20(5)24(23)25(21)22;1-2/h1,10-11,13-14,21-22,25H,7-9,12,15-16H2,2-5H3;1-2H3/b17-10-,18-11-;/t21-,22-,25?;/m0./s1. The molecule has 0 aromatic heterocycles. The molecule has 0 aliphatic heterocycles. The lowest BCUT2D eigenvalue weighted by molar-refractivity contribution is 0.223. The number of rotatable bonds is 4. The maximum absolute atomic E-state index is 5.43. The average Bonchev–Trinajstić information content (AvgIpc) is 3.10. The van der Waals surface area contributed by atoms with E-state index in [0.717, 1.165) is 23.3 Å². The van der Waals surface area contributed by atoms with E-state index in [1.165, 1.54) is 55.2 Å². The molecule has 1 unspecified atom stereocenters. The molecule has 0 heteroatoms. The van der Waals surface area contributed by atoms with Crippen LogP contribution in [0, 0.1) is 38.0 Å². The third-order valence-electron chi connectivity index (χ3n) is 6.53. The molecular formula is C27H38. The Labute approximate surface area is 168 Å². The van der Waals surface area contributed by atoms with Crippen LogP contribution in [0.5, 0.6) is 0 Å². The van der Waals surface area contributed by atoms with Gasteiger partial charge in [-0.15, -0.1) is 6.42 Å². The first-order chi connectivity index (χ1) is 13.0. The quantitative estimate of drug-likeness (QED) is 0.380. The minimum Gasteiger partial charge on any atom is -0.115 e. The Bertz CT molecular complexity index is 738. The van der Waals surface area contributed by atoms with Gasteiger partial charge in [0.1, 0.15) is 0 Å². The van der Waals surface area contributed by atoms with Crippen LogP contribution in [0.25, 0.3) is 0 Å². The van der Waals surface area contributed by atoms with Gasteiger partial charge in [-0.3, -0.25) is 0 Å². The Morgan fingerprint density at radius 3 is 2.52 bits per heavy atom. The zero-order chi connectivity index (χ0) is 20.0. The van der Waals surface area contributed by atoms with E-state index in [-0.39, 0.29) is 0 Å². The van der Waals surface area contributed by atoms with Crippen molar-refractivity contribution in [3.8, 4) is 12.3 Å². The number of aryl methyl sites for hydroxylation is 2. The number of hydrogen-bond acceptors (Lipinski definition) is 0. The summed E-state index contributed by atoms with van der Waals surface area (Å²) in [6.45, 7) is 12.9. The summed E-state index contributed by atoms with van der Waals surface area (Å²) in [5.41, 5.74) is 8.91. The van der Waals surface area contributed by atoms with Crippen LogP contribution < -0.4 is 0 Å². The highest BCUT2D eigenvalue weighted by Gasteiger charge is 2.41. The van der Waals surface area contributed by atoms with Crippen molar-refractivity contribution in [1.29, 1.82) is 0 Å². The molecule has 0 bridgehead atoms. The molecule has 0 spiro atoms. The summed E-state index contributed by atoms with van der Waals surface area (Å²) in [6, 6.07) is 4.67. The highest BCUT2D eigenvalue weighted by Crippen LogP contribution is 2.52. The Morgan fingerprint density at radius 1 is 1.11 bits per heavy atom. The molecule has 1 aromatic carbocycles. The van der Waals surface area contributed by atoms with Crippen LogP contribution in [0.2, 0.25) is 0 Å². The van der Waals surface area contributed by atoms with Crippen LogP contribution in [-0.4, -0.2) is 0 Å². The molecular weight excluding hydrogens is 324 g/mol. The minimum absolute atomic E-state index is 0.805. The first-order valence-corrected chi connectivity index (χ1v) is 10.9. The lowest BCUT2D eigenvalue weighted by Gasteiger charge is -2.35. The van der Waals surface area contributed by atoms with Crippen molar-refractivity contribution in [2.75, 3.05) is 0 Å². The summed E-state index contributed by atoms with van der Waals surface area (Å²) in [5.74, 6) is 5.24. The molecule has 146 valence electrons. The van der Waals surface area contributed by atoms with E-state index in [1.807, 2.05) is 20.8 Å². The van der Waals surface area contributed by atoms with Crippen molar-refractivity contribution in [2.24, 2.45) is 11.8 Å². The van der Waals surface area contributed by atoms with Gasteiger partial charge in [0, 0.05) is 0 Å². The van der Waals surface area contributed by atoms with Gasteiger partial charge in [-0.25, -0.2) is 0 Å². The zero-order valence-electron chi connectivity index (χ0n) is 18.4. The molecule has 1 fully saturated rings. The van der Waals surface area contributed by atoms with Gasteiger partial charge in [-0.05, 0) is 105 Å². The fourth-order valence-corrected chi connectivity index (χ4v) is 5.11. The van der Waals surface area contributed by atoms with Gasteiger partial charge in [0.2, 0.25) is 0 Å². The van der Waals surface area contributed by atoms with E-state index < -0.39 is 0 Å². The smallest absolute Gasteiger partial charge is 0.00135 e. The number of benzene rings is 1. The second-order valence-corrected chi connectivity index (χ2v) is 8.32. The van der Waals surface area contributed by atoms with Crippen molar-refractivity contribution >= 4 is 0 Å². The summed E-state index contributed by atoms with van der Waals surface area (Å²) in [6.07, 6.45) is 17.8. The van der Waals surface area contributed by atoms with Crippen molar-refractivity contribution in [3.05, 3.63) is 57.7 Å². The Morgan fingerprint density at radius 2 is 1.81 bits per heavy atom. The van der Waals surface area contributed by atoms with Crippen LogP contribution in [0.3, 0.4) is 0 Å². The number of hydrogen-bond donors (Lipinski definition) is 0. The SMILES string of the molecule is C#C/C(C)=C\C=C(\C)CC[C@@H]1CCC[C@H]2Cc3c(C)ccc(C)c3C12.CC. The highest BCUT2D eigenvalue weighted by molar-refractivity contribution is 5.47.